The number of nitrogens with one attached hydrogen (secondary N) is 2. The van der Waals surface area contributed by atoms with Crippen LogP contribution in [0.1, 0.15) is 32.5 Å². The number of rotatable bonds is 20. The Morgan fingerprint density at radius 2 is 1.45 bits per heavy atom. The van der Waals surface area contributed by atoms with Crippen LogP contribution < -0.4 is 32.8 Å². The van der Waals surface area contributed by atoms with Gasteiger partial charge in [-0.1, -0.05) is 18.8 Å². The van der Waals surface area contributed by atoms with Crippen LogP contribution in [0.25, 0.3) is 22.3 Å². The van der Waals surface area contributed by atoms with E-state index in [2.05, 4.69) is 33.5 Å². The van der Waals surface area contributed by atoms with Gasteiger partial charge in [0.15, 0.2) is 24.0 Å². The first-order valence-electron chi connectivity index (χ1n) is 21.8. The highest BCUT2D eigenvalue weighted by atomic mass is 31.3. The van der Waals surface area contributed by atoms with Gasteiger partial charge < -0.3 is 69.8 Å². The van der Waals surface area contributed by atoms with E-state index in [1.54, 1.807) is 13.8 Å². The van der Waals surface area contributed by atoms with E-state index in [9.17, 15) is 67.5 Å². The van der Waals surface area contributed by atoms with Crippen molar-refractivity contribution < 1.29 is 98.9 Å². The van der Waals surface area contributed by atoms with Gasteiger partial charge in [0.05, 0.1) is 57.7 Å². The summed E-state index contributed by atoms with van der Waals surface area (Å²) in [5.74, 6) is -3.13. The van der Waals surface area contributed by atoms with E-state index in [1.165, 1.54) is 40.5 Å². The number of imidazole rings is 2. The van der Waals surface area contributed by atoms with Crippen LogP contribution >= 0.6 is 31.1 Å². The first-order valence-corrected chi connectivity index (χ1v) is 27.9. The van der Waals surface area contributed by atoms with Crippen molar-refractivity contribution in [3.8, 4) is 0 Å². The number of nitrogens with two attached hydrogens (primary N) is 2. The molecule has 0 spiro atoms. The average molecular weight is 1130 g/mol. The summed E-state index contributed by atoms with van der Waals surface area (Å²) in [6, 6.07) is 0.942. The second kappa shape index (κ2) is 21.1. The predicted molar refractivity (Wildman–Crippen MR) is 244 cm³/mol. The van der Waals surface area contributed by atoms with E-state index in [0.717, 1.165) is 23.2 Å². The Kier molecular flexibility index (Phi) is 15.9. The highest BCUT2D eigenvalue weighted by molar-refractivity contribution is 7.66. The lowest BCUT2D eigenvalue weighted by atomic mass is 9.90. The van der Waals surface area contributed by atoms with E-state index in [0.29, 0.717) is 0 Å². The third-order valence-corrected chi connectivity index (χ3v) is 18.5. The standard InChI is InChI=1S/C35H50N12O23P4/c1-14(2)20-26(71(54,55)63-9-17-24(50)25(51)33(67-17)45-6-5-19(48)41-35(45)53)18(68-31(20)46-12-40-21-27(36)38-11-39-28(21)46)10-65-73(58,59)70-74(60,61)69-72(56,57)64-8-16-15(7-62-4)23(49)32(66-16)47-13-44(3)22-29(47)42-34(37)43-30(22)52/h5-6,11-18,20,23-26,31-33,49-51H,7-10H2,1-4H3,(H9-,36,37,38,39,41,42,43,48,52,53,54,55,56,57,58,59,60,61)/p+1/t15-,16-,17-,18-,20-,23-,24-,25-,26-,31-,32-,33-/m1/s1. The highest BCUT2D eigenvalue weighted by Crippen LogP contribution is 2.68. The summed E-state index contributed by atoms with van der Waals surface area (Å²) in [6.45, 7) is -0.145. The van der Waals surface area contributed by atoms with Crippen molar-refractivity contribution in [1.29, 1.82) is 0 Å². The number of ether oxygens (including phenoxy) is 4. The number of nitrogen functional groups attached to an aromatic ring is 2. The molecular weight excluding hydrogens is 1080 g/mol. The molecule has 8 heterocycles. The molecule has 0 aromatic carbocycles. The number of anilines is 2. The molecule has 0 bridgehead atoms. The Hall–Kier alpha value is -4.54. The van der Waals surface area contributed by atoms with Crippen LogP contribution in [-0.4, -0.2) is 154 Å². The lowest BCUT2D eigenvalue weighted by molar-refractivity contribution is -0.745. The molecule has 3 fully saturated rings. The van der Waals surface area contributed by atoms with Crippen LogP contribution in [0.2, 0.25) is 0 Å². The van der Waals surface area contributed by atoms with Gasteiger partial charge in [-0.15, -0.1) is 0 Å². The minimum atomic E-state index is -6.17. The quantitative estimate of drug-likeness (QED) is 0.0280. The smallest absolute Gasteiger partial charge is 0.387 e. The molecule has 4 unspecified atom stereocenters. The monoisotopic (exact) mass is 1130 g/mol. The van der Waals surface area contributed by atoms with E-state index >= 15 is 0 Å². The van der Waals surface area contributed by atoms with E-state index < -0.39 is 146 Å². The summed E-state index contributed by atoms with van der Waals surface area (Å²) in [5, 5.41) is 32.9. The maximum Gasteiger partial charge on any atom is 0.490 e. The topological polar surface area (TPSA) is 498 Å². The van der Waals surface area contributed by atoms with Crippen molar-refractivity contribution in [3.05, 3.63) is 62.4 Å². The lowest BCUT2D eigenvalue weighted by Crippen LogP contribution is -2.45. The molecule has 16 atom stereocenters. The normalized spacial score (nSPS) is 30.7. The number of aryl methyl sites for hydroxylation is 1. The highest BCUT2D eigenvalue weighted by Gasteiger charge is 2.58. The first kappa shape index (κ1) is 55.7. The molecular formula is C35H51N12O23P4+. The number of aromatic amines is 2. The molecule has 0 radical (unpaired) electrons. The molecule has 408 valence electrons. The molecule has 35 nitrogen and oxygen atoms in total. The van der Waals surface area contributed by atoms with Gasteiger partial charge in [-0.25, -0.2) is 38.0 Å². The summed E-state index contributed by atoms with van der Waals surface area (Å²) in [7, 11) is -20.3. The van der Waals surface area contributed by atoms with Crippen molar-refractivity contribution in [2.45, 2.75) is 74.8 Å². The number of nitrogens with zero attached hydrogens (tertiary/aromatic N) is 8. The third-order valence-electron chi connectivity index (χ3n) is 12.3. The van der Waals surface area contributed by atoms with Crippen molar-refractivity contribution in [1.82, 2.24) is 43.6 Å². The number of phosphoric acid groups is 3. The zero-order valence-electron chi connectivity index (χ0n) is 38.9. The Morgan fingerprint density at radius 3 is 2.09 bits per heavy atom. The minimum absolute atomic E-state index is 0.0156. The van der Waals surface area contributed by atoms with E-state index in [1.807, 2.05) is 4.98 Å². The number of aliphatic hydroxyl groups excluding tert-OH is 3. The molecule has 5 aromatic rings. The fraction of sp³-hybridized carbons (Fsp3) is 0.600. The number of fused-ring (bicyclic) bond motifs is 2. The van der Waals surface area contributed by atoms with Gasteiger partial charge in [0, 0.05) is 31.2 Å². The number of aromatic nitrogens is 10. The van der Waals surface area contributed by atoms with Crippen molar-refractivity contribution in [2.75, 3.05) is 45.0 Å². The summed E-state index contributed by atoms with van der Waals surface area (Å²) >= 11 is 0. The Bertz CT molecular complexity index is 3280. The molecule has 74 heavy (non-hydrogen) atoms. The molecule has 8 rings (SSSR count). The van der Waals surface area contributed by atoms with Gasteiger partial charge in [0.1, 0.15) is 42.5 Å². The maximum absolute atomic E-state index is 14.5. The maximum atomic E-state index is 14.5. The van der Waals surface area contributed by atoms with Gasteiger partial charge >= 0.3 is 42.4 Å². The Balaban J connectivity index is 0.970. The molecule has 0 amide bonds. The number of hydrogen-bond acceptors (Lipinski definition) is 25. The minimum Gasteiger partial charge on any atom is -0.387 e. The van der Waals surface area contributed by atoms with Crippen LogP contribution in [-0.2, 0) is 66.4 Å². The van der Waals surface area contributed by atoms with Gasteiger partial charge in [0.25, 0.3) is 17.1 Å². The fourth-order valence-corrected chi connectivity index (χ4v) is 14.6. The lowest BCUT2D eigenvalue weighted by Gasteiger charge is -2.31. The summed E-state index contributed by atoms with van der Waals surface area (Å²) in [5.41, 5.74) is 7.72. The van der Waals surface area contributed by atoms with Crippen molar-refractivity contribution in [3.63, 3.8) is 0 Å². The summed E-state index contributed by atoms with van der Waals surface area (Å²) < 4.78 is 106. The number of H-pyrrole nitrogens is 2. The number of methoxy groups -OCH3 is 1. The Morgan fingerprint density at radius 1 is 0.797 bits per heavy atom. The average Bonchev–Trinajstić information content (AvgIpc) is 4.11. The van der Waals surface area contributed by atoms with Crippen LogP contribution in [0.15, 0.2) is 45.6 Å². The van der Waals surface area contributed by atoms with Crippen LogP contribution in [0, 0.1) is 17.8 Å². The van der Waals surface area contributed by atoms with Crippen LogP contribution in [0.4, 0.5) is 11.8 Å². The Labute approximate surface area is 413 Å². The van der Waals surface area contributed by atoms with Gasteiger partial charge in [-0.2, -0.15) is 8.62 Å². The van der Waals surface area contributed by atoms with E-state index in [4.69, 9.17) is 44.0 Å². The van der Waals surface area contributed by atoms with Crippen LogP contribution in [0.3, 0.4) is 0 Å². The van der Waals surface area contributed by atoms with E-state index in [-0.39, 0.29) is 40.7 Å². The SMILES string of the molecule is COC[C@H]1[C@@H](O)[C@H]([n+]2cn(C)c3c(=O)[nH]c(N)nc32)O[C@@H]1COP(=O)(O)OP(=O)(O)OP(=O)(O)OC[C@H]1O[C@@H](n2cnc3c(N)ncnc32)[C@H](C(C)C)[C@@H]1P(=O)(O)OC[C@H]1O[C@@H](n2ccc(=O)[nH]c2=O)[C@H](O)[C@@H]1O. The molecule has 3 aliphatic heterocycles. The number of phosphoric ester groups is 2. The van der Waals surface area contributed by atoms with Crippen molar-refractivity contribution in [2.24, 2.45) is 24.8 Å². The molecule has 3 aliphatic rings. The third kappa shape index (κ3) is 11.3. The second-order valence-corrected chi connectivity index (χ2v) is 24.1. The zero-order valence-corrected chi connectivity index (χ0v) is 42.5. The number of aliphatic hydroxyl groups is 3. The first-order chi connectivity index (χ1) is 34.6. The van der Waals surface area contributed by atoms with Crippen molar-refractivity contribution >= 4 is 65.2 Å². The summed E-state index contributed by atoms with van der Waals surface area (Å²) in [6.07, 6.45) is -9.45. The van der Waals surface area contributed by atoms with Crippen LogP contribution in [0.5, 0.6) is 0 Å². The zero-order chi connectivity index (χ0) is 54.0. The van der Waals surface area contributed by atoms with Gasteiger partial charge in [-0.05, 0) is 5.92 Å². The molecule has 5 aromatic heterocycles. The van der Waals surface area contributed by atoms with Gasteiger partial charge in [0.2, 0.25) is 11.7 Å². The van der Waals surface area contributed by atoms with Gasteiger partial charge in [-0.3, -0.25) is 46.9 Å². The molecule has 39 heteroatoms. The summed E-state index contributed by atoms with van der Waals surface area (Å²) in [4.78, 5) is 101. The largest absolute Gasteiger partial charge is 0.490 e. The number of hydrogen-bond donors (Lipinski definition) is 11. The fourth-order valence-electron chi connectivity index (χ4n) is 9.05. The molecule has 0 aliphatic carbocycles. The predicted octanol–water partition coefficient (Wildman–Crippen LogP) is -2.65. The second-order valence-electron chi connectivity index (χ2n) is 17.5. The molecule has 3 saturated heterocycles. The molecule has 13 N–H and O–H groups in total. The molecule has 0 saturated carbocycles.